The second kappa shape index (κ2) is 8.83. The van der Waals surface area contributed by atoms with E-state index in [1.807, 2.05) is 31.6 Å². The molecular weight excluding hydrogens is 483 g/mol. The minimum absolute atomic E-state index is 0.0363. The number of fused-ring (bicyclic) bond motifs is 1. The van der Waals surface area contributed by atoms with Crippen LogP contribution >= 0.6 is 0 Å². The van der Waals surface area contributed by atoms with Crippen LogP contribution in [0.1, 0.15) is 79.0 Å². The predicted octanol–water partition coefficient (Wildman–Crippen LogP) is 5.67. The largest absolute Gasteiger partial charge is 0.417 e. The number of alkyl halides is 3. The van der Waals surface area contributed by atoms with Crippen molar-refractivity contribution in [2.75, 3.05) is 0 Å². The second-order valence-corrected chi connectivity index (χ2v) is 10.0. The molecule has 1 aliphatic heterocycles. The maximum Gasteiger partial charge on any atom is 0.417 e. The average molecular weight is 510 g/mol. The van der Waals surface area contributed by atoms with E-state index in [-0.39, 0.29) is 18.1 Å². The van der Waals surface area contributed by atoms with Crippen molar-refractivity contribution in [1.29, 1.82) is 0 Å². The molecule has 1 saturated heterocycles. The average Bonchev–Trinajstić information content (AvgIpc) is 3.59. The van der Waals surface area contributed by atoms with Crippen molar-refractivity contribution in [1.82, 2.24) is 34.7 Å². The summed E-state index contributed by atoms with van der Waals surface area (Å²) in [5, 5.41) is 4.51. The highest BCUT2D eigenvalue weighted by molar-refractivity contribution is 5.85. The van der Waals surface area contributed by atoms with Crippen molar-refractivity contribution >= 4 is 11.2 Å². The number of pyridine rings is 1. The summed E-state index contributed by atoms with van der Waals surface area (Å²) in [5.41, 5.74) is 3.13. The van der Waals surface area contributed by atoms with Crippen molar-refractivity contribution in [3.63, 3.8) is 0 Å². The van der Waals surface area contributed by atoms with Crippen LogP contribution < -0.4 is 0 Å². The number of aromatic nitrogens is 7. The summed E-state index contributed by atoms with van der Waals surface area (Å²) in [6.45, 7) is 5.70. The molecule has 8 nitrogen and oxygen atoms in total. The van der Waals surface area contributed by atoms with Crippen LogP contribution in [0.25, 0.3) is 22.6 Å². The smallest absolute Gasteiger partial charge is 0.370 e. The molecule has 0 unspecified atom stereocenters. The molecule has 192 valence electrons. The summed E-state index contributed by atoms with van der Waals surface area (Å²) in [6.07, 6.45) is 3.75. The van der Waals surface area contributed by atoms with E-state index in [0.29, 0.717) is 53.0 Å². The fourth-order valence-electron chi connectivity index (χ4n) is 4.82. The zero-order chi connectivity index (χ0) is 25.9. The molecule has 0 radical (unpaired) electrons. The summed E-state index contributed by atoms with van der Waals surface area (Å²) in [6, 6.07) is 2.82. The van der Waals surface area contributed by atoms with Crippen molar-refractivity contribution in [3.05, 3.63) is 59.1 Å². The standard InChI is InChI=1S/C26H26F3N7O/c1-13-8-16(9-21(37-13)17-10-31-36(12-17)19-5-6-19)24-34-22(20-7-4-18(11-30-20)26(27,28)29)23-25(35-24)33-15(3)14(2)32-23/h4,7,10-13,16,19,21H,5-6,8-9H2,1-3H3/t13-,16+,21-/m0/s1. The Morgan fingerprint density at radius 2 is 1.76 bits per heavy atom. The first-order chi connectivity index (χ1) is 17.7. The maximum absolute atomic E-state index is 13.1. The Morgan fingerprint density at radius 1 is 0.973 bits per heavy atom. The van der Waals surface area contributed by atoms with Gasteiger partial charge in [-0.2, -0.15) is 18.3 Å². The molecule has 0 aromatic carbocycles. The minimum Gasteiger partial charge on any atom is -0.370 e. The number of halogens is 3. The van der Waals surface area contributed by atoms with E-state index in [1.165, 1.54) is 6.07 Å². The fourth-order valence-corrected chi connectivity index (χ4v) is 4.82. The van der Waals surface area contributed by atoms with Gasteiger partial charge in [-0.3, -0.25) is 9.67 Å². The van der Waals surface area contributed by atoms with Gasteiger partial charge in [0.05, 0.1) is 47.1 Å². The van der Waals surface area contributed by atoms with Crippen LogP contribution in [0.15, 0.2) is 30.7 Å². The van der Waals surface area contributed by atoms with Crippen LogP contribution in [0.3, 0.4) is 0 Å². The molecule has 0 bridgehead atoms. The number of hydrogen-bond donors (Lipinski definition) is 0. The number of nitrogens with zero attached hydrogens (tertiary/aromatic N) is 7. The third-order valence-electron chi connectivity index (χ3n) is 7.08. The highest BCUT2D eigenvalue weighted by Crippen LogP contribution is 2.41. The van der Waals surface area contributed by atoms with Crippen LogP contribution in [0.2, 0.25) is 0 Å². The Morgan fingerprint density at radius 3 is 2.46 bits per heavy atom. The molecule has 1 aliphatic carbocycles. The van der Waals surface area contributed by atoms with Crippen molar-refractivity contribution < 1.29 is 17.9 Å². The van der Waals surface area contributed by atoms with Gasteiger partial charge < -0.3 is 4.74 Å². The third-order valence-corrected chi connectivity index (χ3v) is 7.08. The van der Waals surface area contributed by atoms with E-state index in [1.54, 1.807) is 0 Å². The van der Waals surface area contributed by atoms with Gasteiger partial charge in [-0.15, -0.1) is 0 Å². The molecular formula is C26H26F3N7O. The Kier molecular flexibility index (Phi) is 5.70. The van der Waals surface area contributed by atoms with Crippen molar-refractivity contribution in [2.45, 2.75) is 76.8 Å². The quantitative estimate of drug-likeness (QED) is 0.350. The molecule has 1 saturated carbocycles. The molecule has 5 heterocycles. The van der Waals surface area contributed by atoms with Gasteiger partial charge >= 0.3 is 6.18 Å². The molecule has 2 fully saturated rings. The fraction of sp³-hybridized carbons (Fsp3) is 0.462. The van der Waals surface area contributed by atoms with Gasteiger partial charge in [0.1, 0.15) is 17.0 Å². The van der Waals surface area contributed by atoms with Gasteiger partial charge in [0.2, 0.25) is 0 Å². The SMILES string of the molecule is Cc1nc2nc([C@H]3C[C@@H](c4cnn(C5CC5)c4)O[C@@H](C)C3)nc(-c3ccc(C(F)(F)F)cn3)c2nc1C. The Bertz CT molecular complexity index is 1460. The molecule has 3 atom stereocenters. The van der Waals surface area contributed by atoms with E-state index in [9.17, 15) is 13.2 Å². The number of rotatable bonds is 4. The summed E-state index contributed by atoms with van der Waals surface area (Å²) in [7, 11) is 0. The third kappa shape index (κ3) is 4.68. The van der Waals surface area contributed by atoms with E-state index < -0.39 is 11.7 Å². The number of aryl methyl sites for hydroxylation is 2. The highest BCUT2D eigenvalue weighted by atomic mass is 19.4. The van der Waals surface area contributed by atoms with E-state index in [0.717, 1.165) is 36.4 Å². The lowest BCUT2D eigenvalue weighted by atomic mass is 9.89. The Labute approximate surface area is 211 Å². The monoisotopic (exact) mass is 509 g/mol. The first kappa shape index (κ1) is 23.9. The first-order valence-electron chi connectivity index (χ1n) is 12.4. The normalized spacial score (nSPS) is 22.5. The topological polar surface area (TPSA) is 91.5 Å². The molecule has 0 spiro atoms. The number of hydrogen-bond acceptors (Lipinski definition) is 7. The van der Waals surface area contributed by atoms with Gasteiger partial charge in [-0.05, 0) is 58.6 Å². The summed E-state index contributed by atoms with van der Waals surface area (Å²) >= 11 is 0. The van der Waals surface area contributed by atoms with Gasteiger partial charge in [0, 0.05) is 23.9 Å². The molecule has 4 aromatic rings. The van der Waals surface area contributed by atoms with Crippen LogP contribution in [0.5, 0.6) is 0 Å². The summed E-state index contributed by atoms with van der Waals surface area (Å²) in [4.78, 5) is 23.0. The molecule has 2 aliphatic rings. The van der Waals surface area contributed by atoms with Crippen LogP contribution in [0.4, 0.5) is 13.2 Å². The van der Waals surface area contributed by atoms with Gasteiger partial charge in [0.15, 0.2) is 5.65 Å². The molecule has 0 N–H and O–H groups in total. The lowest BCUT2D eigenvalue weighted by Crippen LogP contribution is -2.26. The van der Waals surface area contributed by atoms with E-state index in [2.05, 4.69) is 26.2 Å². The zero-order valence-corrected chi connectivity index (χ0v) is 20.7. The van der Waals surface area contributed by atoms with Crippen LogP contribution in [0, 0.1) is 13.8 Å². The molecule has 4 aromatic heterocycles. The molecule has 0 amide bonds. The molecule has 37 heavy (non-hydrogen) atoms. The van der Waals surface area contributed by atoms with Crippen LogP contribution in [-0.4, -0.2) is 40.8 Å². The Balaban J connectivity index is 1.40. The van der Waals surface area contributed by atoms with Gasteiger partial charge in [-0.25, -0.2) is 19.9 Å². The van der Waals surface area contributed by atoms with E-state index >= 15 is 0 Å². The predicted molar refractivity (Wildman–Crippen MR) is 129 cm³/mol. The van der Waals surface area contributed by atoms with Gasteiger partial charge in [0.25, 0.3) is 0 Å². The number of ether oxygens (including phenoxy) is 1. The van der Waals surface area contributed by atoms with Crippen molar-refractivity contribution in [2.24, 2.45) is 0 Å². The summed E-state index contributed by atoms with van der Waals surface area (Å²) < 4.78 is 47.7. The molecule has 11 heteroatoms. The lowest BCUT2D eigenvalue weighted by Gasteiger charge is -2.33. The minimum atomic E-state index is -4.47. The van der Waals surface area contributed by atoms with Crippen LogP contribution in [-0.2, 0) is 10.9 Å². The lowest BCUT2D eigenvalue weighted by molar-refractivity contribution is -0.137. The molecule has 6 rings (SSSR count). The van der Waals surface area contributed by atoms with Crippen molar-refractivity contribution in [3.8, 4) is 11.4 Å². The second-order valence-electron chi connectivity index (χ2n) is 10.0. The Hall–Kier alpha value is -3.47. The van der Waals surface area contributed by atoms with Gasteiger partial charge in [-0.1, -0.05) is 0 Å². The maximum atomic E-state index is 13.1. The van der Waals surface area contributed by atoms with E-state index in [4.69, 9.17) is 14.7 Å². The first-order valence-corrected chi connectivity index (χ1v) is 12.4. The highest BCUT2D eigenvalue weighted by Gasteiger charge is 2.34. The zero-order valence-electron chi connectivity index (χ0n) is 20.7. The summed E-state index contributed by atoms with van der Waals surface area (Å²) in [5.74, 6) is 0.524.